The Kier molecular flexibility index (Phi) is 3.98. The van der Waals surface area contributed by atoms with E-state index in [0.29, 0.717) is 5.92 Å². The van der Waals surface area contributed by atoms with Crippen LogP contribution in [0.15, 0.2) is 22.7 Å². The fourth-order valence-corrected chi connectivity index (χ4v) is 1.98. The molecule has 0 aliphatic rings. The highest BCUT2D eigenvalue weighted by Gasteiger charge is 2.05. The molecule has 0 spiro atoms. The van der Waals surface area contributed by atoms with Crippen molar-refractivity contribution in [3.05, 3.63) is 33.8 Å². The molecule has 0 atom stereocenters. The molecule has 0 nitrogen and oxygen atoms in total. The van der Waals surface area contributed by atoms with Gasteiger partial charge in [0, 0.05) is 4.47 Å². The van der Waals surface area contributed by atoms with Gasteiger partial charge in [-0.1, -0.05) is 49.2 Å². The van der Waals surface area contributed by atoms with Gasteiger partial charge in [-0.3, -0.25) is 0 Å². The van der Waals surface area contributed by atoms with Crippen molar-refractivity contribution in [1.29, 1.82) is 0 Å². The number of rotatable bonds is 3. The predicted octanol–water partition coefficient (Wildman–Crippen LogP) is 4.53. The maximum absolute atomic E-state index is 3.52. The van der Waals surface area contributed by atoms with E-state index < -0.39 is 0 Å². The van der Waals surface area contributed by atoms with Gasteiger partial charge in [-0.15, -0.1) is 0 Å². The lowest BCUT2D eigenvalue weighted by Crippen LogP contribution is -1.95. The van der Waals surface area contributed by atoms with E-state index in [1.807, 2.05) is 0 Å². The van der Waals surface area contributed by atoms with Gasteiger partial charge in [0.25, 0.3) is 0 Å². The van der Waals surface area contributed by atoms with Gasteiger partial charge < -0.3 is 0 Å². The van der Waals surface area contributed by atoms with Crippen LogP contribution in [-0.4, -0.2) is 0 Å². The molecule has 1 aromatic rings. The van der Waals surface area contributed by atoms with Crippen LogP contribution in [-0.2, 0) is 6.42 Å². The fraction of sp³-hybridized carbons (Fsp3) is 0.500. The van der Waals surface area contributed by atoms with E-state index in [1.165, 1.54) is 28.4 Å². The lowest BCUT2D eigenvalue weighted by Gasteiger charge is -2.12. The number of aryl methyl sites for hydroxylation is 1. The van der Waals surface area contributed by atoms with E-state index in [-0.39, 0.29) is 0 Å². The van der Waals surface area contributed by atoms with Crippen molar-refractivity contribution < 1.29 is 0 Å². The summed E-state index contributed by atoms with van der Waals surface area (Å²) in [5.74, 6) is 0.624. The molecule has 0 bridgehead atoms. The summed E-state index contributed by atoms with van der Waals surface area (Å²) >= 11 is 3.52. The molecule has 0 aliphatic heterocycles. The highest BCUT2D eigenvalue weighted by atomic mass is 79.9. The molecule has 1 heteroatoms. The van der Waals surface area contributed by atoms with E-state index in [0.717, 1.165) is 0 Å². The van der Waals surface area contributed by atoms with Crippen molar-refractivity contribution in [3.8, 4) is 0 Å². The zero-order valence-corrected chi connectivity index (χ0v) is 10.2. The molecule has 0 aliphatic carbocycles. The minimum Gasteiger partial charge on any atom is -0.0651 e. The Bertz CT molecular complexity index is 276. The first-order valence-electron chi connectivity index (χ1n) is 4.93. The Morgan fingerprint density at radius 1 is 1.31 bits per heavy atom. The second-order valence-corrected chi connectivity index (χ2v) is 4.66. The van der Waals surface area contributed by atoms with Crippen LogP contribution in [0.25, 0.3) is 0 Å². The molecule has 13 heavy (non-hydrogen) atoms. The van der Waals surface area contributed by atoms with Gasteiger partial charge in [0.2, 0.25) is 0 Å². The van der Waals surface area contributed by atoms with E-state index in [2.05, 4.69) is 54.9 Å². The van der Waals surface area contributed by atoms with Crippen molar-refractivity contribution in [2.24, 2.45) is 0 Å². The molecule has 0 saturated heterocycles. The molecule has 0 fully saturated rings. The van der Waals surface area contributed by atoms with E-state index in [9.17, 15) is 0 Å². The summed E-state index contributed by atoms with van der Waals surface area (Å²) in [7, 11) is 0. The van der Waals surface area contributed by atoms with E-state index in [1.54, 1.807) is 0 Å². The first kappa shape index (κ1) is 10.8. The van der Waals surface area contributed by atoms with E-state index >= 15 is 0 Å². The van der Waals surface area contributed by atoms with Crippen molar-refractivity contribution in [2.75, 3.05) is 0 Å². The minimum absolute atomic E-state index is 0.624. The Hall–Kier alpha value is -0.300. The third-order valence-corrected chi connectivity index (χ3v) is 2.74. The minimum atomic E-state index is 0.624. The molecule has 0 unspecified atom stereocenters. The Morgan fingerprint density at radius 3 is 2.54 bits per heavy atom. The smallest absolute Gasteiger partial charge is 0.0178 e. The number of hydrogen-bond donors (Lipinski definition) is 0. The zero-order valence-electron chi connectivity index (χ0n) is 8.60. The van der Waals surface area contributed by atoms with Gasteiger partial charge in [0.15, 0.2) is 0 Å². The molecule has 0 saturated carbocycles. The average molecular weight is 241 g/mol. The largest absolute Gasteiger partial charge is 0.0651 e. The third-order valence-electron chi connectivity index (χ3n) is 2.25. The molecule has 1 aromatic carbocycles. The molecular weight excluding hydrogens is 224 g/mol. The van der Waals surface area contributed by atoms with Gasteiger partial charge in [0.05, 0.1) is 0 Å². The quantitative estimate of drug-likeness (QED) is 0.729. The number of benzene rings is 1. The van der Waals surface area contributed by atoms with Crippen molar-refractivity contribution >= 4 is 15.9 Å². The Labute approximate surface area is 89.5 Å². The summed E-state index contributed by atoms with van der Waals surface area (Å²) in [6, 6.07) is 6.62. The molecule has 72 valence electrons. The standard InChI is InChI=1S/C12H17Br/c1-4-5-10-6-7-11(13)8-12(10)9(2)3/h6-9H,4-5H2,1-3H3. The highest BCUT2D eigenvalue weighted by molar-refractivity contribution is 9.10. The van der Waals surface area contributed by atoms with Crippen LogP contribution < -0.4 is 0 Å². The maximum atomic E-state index is 3.52. The summed E-state index contributed by atoms with van der Waals surface area (Å²) < 4.78 is 1.19. The molecule has 0 heterocycles. The second kappa shape index (κ2) is 4.80. The molecular formula is C12H17Br. The van der Waals surface area contributed by atoms with Crippen LogP contribution in [0.5, 0.6) is 0 Å². The van der Waals surface area contributed by atoms with E-state index in [4.69, 9.17) is 0 Å². The second-order valence-electron chi connectivity index (χ2n) is 3.75. The lowest BCUT2D eigenvalue weighted by atomic mass is 9.95. The molecule has 0 radical (unpaired) electrons. The Balaban J connectivity index is 3.03. The van der Waals surface area contributed by atoms with Crippen LogP contribution in [0.1, 0.15) is 44.2 Å². The Morgan fingerprint density at radius 2 is 2.00 bits per heavy atom. The summed E-state index contributed by atoms with van der Waals surface area (Å²) in [5, 5.41) is 0. The summed E-state index contributed by atoms with van der Waals surface area (Å²) in [6.45, 7) is 6.73. The normalized spacial score (nSPS) is 10.8. The fourth-order valence-electron chi connectivity index (χ4n) is 1.60. The average Bonchev–Trinajstić information content (AvgIpc) is 2.08. The van der Waals surface area contributed by atoms with Gasteiger partial charge in [0.1, 0.15) is 0 Å². The van der Waals surface area contributed by atoms with Gasteiger partial charge in [-0.05, 0) is 35.6 Å². The van der Waals surface area contributed by atoms with Crippen LogP contribution in [0.4, 0.5) is 0 Å². The van der Waals surface area contributed by atoms with Crippen LogP contribution in [0.3, 0.4) is 0 Å². The third kappa shape index (κ3) is 2.84. The van der Waals surface area contributed by atoms with Gasteiger partial charge in [-0.25, -0.2) is 0 Å². The van der Waals surface area contributed by atoms with Gasteiger partial charge >= 0.3 is 0 Å². The van der Waals surface area contributed by atoms with Crippen molar-refractivity contribution in [3.63, 3.8) is 0 Å². The molecule has 0 amide bonds. The number of halogens is 1. The molecule has 0 N–H and O–H groups in total. The van der Waals surface area contributed by atoms with Crippen LogP contribution in [0.2, 0.25) is 0 Å². The zero-order chi connectivity index (χ0) is 9.84. The highest BCUT2D eigenvalue weighted by Crippen LogP contribution is 2.24. The summed E-state index contributed by atoms with van der Waals surface area (Å²) in [6.07, 6.45) is 2.42. The predicted molar refractivity (Wildman–Crippen MR) is 62.2 cm³/mol. The summed E-state index contributed by atoms with van der Waals surface area (Å²) in [5.41, 5.74) is 2.98. The first-order chi connectivity index (χ1) is 6.15. The van der Waals surface area contributed by atoms with Crippen LogP contribution in [0, 0.1) is 0 Å². The molecule has 1 rings (SSSR count). The maximum Gasteiger partial charge on any atom is 0.0178 e. The van der Waals surface area contributed by atoms with Crippen LogP contribution >= 0.6 is 15.9 Å². The first-order valence-corrected chi connectivity index (χ1v) is 5.72. The molecule has 0 aromatic heterocycles. The summed E-state index contributed by atoms with van der Waals surface area (Å²) in [4.78, 5) is 0. The van der Waals surface area contributed by atoms with Gasteiger partial charge in [-0.2, -0.15) is 0 Å². The van der Waals surface area contributed by atoms with Crippen molar-refractivity contribution in [1.82, 2.24) is 0 Å². The SMILES string of the molecule is CCCc1ccc(Br)cc1C(C)C. The van der Waals surface area contributed by atoms with Crippen molar-refractivity contribution in [2.45, 2.75) is 39.5 Å². The number of hydrogen-bond acceptors (Lipinski definition) is 0. The lowest BCUT2D eigenvalue weighted by molar-refractivity contribution is 0.820. The monoisotopic (exact) mass is 240 g/mol. The topological polar surface area (TPSA) is 0 Å².